The predicted octanol–water partition coefficient (Wildman–Crippen LogP) is 3.21. The van der Waals surface area contributed by atoms with Crippen LogP contribution in [-0.2, 0) is 20.8 Å². The first-order chi connectivity index (χ1) is 14.0. The van der Waals surface area contributed by atoms with E-state index in [1.807, 2.05) is 17.5 Å². The number of imide groups is 1. The van der Waals surface area contributed by atoms with Gasteiger partial charge in [-0.1, -0.05) is 18.2 Å². The molecular weight excluding hydrogens is 391 g/mol. The summed E-state index contributed by atoms with van der Waals surface area (Å²) in [6.07, 6.45) is 1.23. The molecule has 0 aliphatic carbocycles. The number of benzene rings is 1. The average Bonchev–Trinajstić information content (AvgIpc) is 3.29. The lowest BCUT2D eigenvalue weighted by Crippen LogP contribution is -2.48. The smallest absolute Gasteiger partial charge is 0.237 e. The summed E-state index contributed by atoms with van der Waals surface area (Å²) >= 11 is 1.55. The van der Waals surface area contributed by atoms with Crippen LogP contribution >= 0.6 is 11.3 Å². The molecule has 1 aromatic carbocycles. The Morgan fingerprint density at radius 3 is 2.45 bits per heavy atom. The van der Waals surface area contributed by atoms with Crippen molar-refractivity contribution in [2.24, 2.45) is 5.41 Å². The molecule has 4 rings (SSSR count). The second kappa shape index (κ2) is 7.71. The van der Waals surface area contributed by atoms with Crippen LogP contribution in [0.5, 0.6) is 0 Å². The number of likely N-dealkylation sites (N-methyl/N-ethyl adjacent to an activating group) is 1. The molecule has 2 aromatic rings. The lowest BCUT2D eigenvalue weighted by atomic mass is 9.67. The summed E-state index contributed by atoms with van der Waals surface area (Å²) in [6, 6.07) is 9.72. The van der Waals surface area contributed by atoms with Crippen LogP contribution in [0.3, 0.4) is 0 Å². The Kier molecular flexibility index (Phi) is 5.25. The Hall–Kier alpha value is -2.54. The van der Waals surface area contributed by atoms with Gasteiger partial charge in [0, 0.05) is 24.5 Å². The number of likely N-dealkylation sites (tertiary alicyclic amines) is 2. The van der Waals surface area contributed by atoms with Crippen molar-refractivity contribution in [1.82, 2.24) is 9.80 Å². The highest BCUT2D eigenvalue weighted by Gasteiger charge is 2.60. The van der Waals surface area contributed by atoms with Gasteiger partial charge >= 0.3 is 0 Å². The Morgan fingerprint density at radius 2 is 1.86 bits per heavy atom. The fourth-order valence-corrected chi connectivity index (χ4v) is 5.33. The molecule has 0 N–H and O–H groups in total. The lowest BCUT2D eigenvalue weighted by molar-refractivity contribution is -0.144. The van der Waals surface area contributed by atoms with Crippen molar-refractivity contribution in [2.75, 3.05) is 19.6 Å². The highest BCUT2D eigenvalue weighted by Crippen LogP contribution is 2.51. The third kappa shape index (κ3) is 3.37. The van der Waals surface area contributed by atoms with E-state index in [-0.39, 0.29) is 23.5 Å². The van der Waals surface area contributed by atoms with Crippen LogP contribution in [0, 0.1) is 11.2 Å². The molecule has 0 saturated carbocycles. The quantitative estimate of drug-likeness (QED) is 0.722. The zero-order valence-corrected chi connectivity index (χ0v) is 17.1. The van der Waals surface area contributed by atoms with Crippen LogP contribution in [0.4, 0.5) is 4.39 Å². The van der Waals surface area contributed by atoms with Crippen LogP contribution in [0.2, 0.25) is 0 Å². The van der Waals surface area contributed by atoms with E-state index in [1.165, 1.54) is 17.0 Å². The number of thiophene rings is 1. The number of carbonyl (C=O) groups is 3. The zero-order valence-electron chi connectivity index (χ0n) is 16.3. The molecule has 2 aliphatic rings. The van der Waals surface area contributed by atoms with E-state index < -0.39 is 11.3 Å². The molecule has 3 heterocycles. The molecular formula is C22H23FN2O3S. The fourth-order valence-electron chi connectivity index (χ4n) is 4.63. The van der Waals surface area contributed by atoms with Gasteiger partial charge in [0.05, 0.1) is 17.8 Å². The van der Waals surface area contributed by atoms with Crippen LogP contribution in [0.25, 0.3) is 0 Å². The summed E-state index contributed by atoms with van der Waals surface area (Å²) < 4.78 is 13.4. The van der Waals surface area contributed by atoms with Crippen LogP contribution in [0.1, 0.15) is 36.1 Å². The summed E-state index contributed by atoms with van der Waals surface area (Å²) in [7, 11) is 0. The Bertz CT molecular complexity index is 918. The highest BCUT2D eigenvalue weighted by atomic mass is 32.1. The number of hydrogen-bond acceptors (Lipinski definition) is 4. The van der Waals surface area contributed by atoms with E-state index in [1.54, 1.807) is 35.3 Å². The van der Waals surface area contributed by atoms with Gasteiger partial charge in [-0.3, -0.25) is 19.3 Å². The Morgan fingerprint density at radius 1 is 1.17 bits per heavy atom. The van der Waals surface area contributed by atoms with E-state index >= 15 is 0 Å². The Labute approximate surface area is 173 Å². The van der Waals surface area contributed by atoms with E-state index in [4.69, 9.17) is 0 Å². The SMILES string of the molecule is CCN1C(=O)[C@H](c2ccc(F)cc2)C2(CCN(C(=O)Cc3cccs3)CC2)C1=O. The van der Waals surface area contributed by atoms with Gasteiger partial charge in [0.1, 0.15) is 5.82 Å². The molecule has 2 fully saturated rings. The van der Waals surface area contributed by atoms with Crippen molar-refractivity contribution in [3.8, 4) is 0 Å². The molecule has 1 atom stereocenters. The van der Waals surface area contributed by atoms with Crippen LogP contribution in [-0.4, -0.2) is 47.2 Å². The maximum absolute atomic E-state index is 13.4. The molecule has 7 heteroatoms. The largest absolute Gasteiger partial charge is 0.342 e. The van der Waals surface area contributed by atoms with Crippen LogP contribution < -0.4 is 0 Å². The molecule has 3 amide bonds. The number of rotatable bonds is 4. The molecule has 0 bridgehead atoms. The van der Waals surface area contributed by atoms with Gasteiger partial charge in [-0.15, -0.1) is 11.3 Å². The van der Waals surface area contributed by atoms with E-state index in [0.29, 0.717) is 44.5 Å². The van der Waals surface area contributed by atoms with Crippen molar-refractivity contribution < 1.29 is 18.8 Å². The summed E-state index contributed by atoms with van der Waals surface area (Å²) in [4.78, 5) is 43.1. The normalized spacial score (nSPS) is 21.2. The third-order valence-corrected chi connectivity index (χ3v) is 7.05. The maximum Gasteiger partial charge on any atom is 0.237 e. The van der Waals surface area contributed by atoms with E-state index in [0.717, 1.165) is 4.88 Å². The molecule has 1 aromatic heterocycles. The third-order valence-electron chi connectivity index (χ3n) is 6.17. The summed E-state index contributed by atoms with van der Waals surface area (Å²) in [5.41, 5.74) is -0.191. The van der Waals surface area contributed by atoms with Crippen molar-refractivity contribution in [2.45, 2.75) is 32.1 Å². The molecule has 2 saturated heterocycles. The molecule has 2 aliphatic heterocycles. The van der Waals surface area contributed by atoms with Crippen LogP contribution in [0.15, 0.2) is 41.8 Å². The monoisotopic (exact) mass is 414 g/mol. The van der Waals surface area contributed by atoms with E-state index in [2.05, 4.69) is 0 Å². The Balaban J connectivity index is 1.57. The van der Waals surface area contributed by atoms with Gasteiger partial charge in [0.25, 0.3) is 0 Å². The number of hydrogen-bond donors (Lipinski definition) is 0. The number of carbonyl (C=O) groups excluding carboxylic acids is 3. The second-order valence-corrected chi connectivity index (χ2v) is 8.70. The number of halogens is 1. The number of piperidine rings is 1. The fraction of sp³-hybridized carbons (Fsp3) is 0.409. The summed E-state index contributed by atoms with van der Waals surface area (Å²) in [5.74, 6) is -1.33. The molecule has 0 radical (unpaired) electrons. The molecule has 1 spiro atoms. The predicted molar refractivity (Wildman–Crippen MR) is 108 cm³/mol. The minimum atomic E-state index is -0.857. The minimum Gasteiger partial charge on any atom is -0.342 e. The molecule has 0 unspecified atom stereocenters. The molecule has 29 heavy (non-hydrogen) atoms. The maximum atomic E-state index is 13.4. The van der Waals surface area contributed by atoms with Gasteiger partial charge in [-0.25, -0.2) is 4.39 Å². The highest BCUT2D eigenvalue weighted by molar-refractivity contribution is 7.10. The lowest BCUT2D eigenvalue weighted by Gasteiger charge is -2.40. The van der Waals surface area contributed by atoms with Crippen molar-refractivity contribution >= 4 is 29.1 Å². The van der Waals surface area contributed by atoms with Crippen molar-refractivity contribution in [3.63, 3.8) is 0 Å². The second-order valence-electron chi connectivity index (χ2n) is 7.67. The van der Waals surface area contributed by atoms with Gasteiger partial charge in [-0.05, 0) is 48.9 Å². The first-order valence-electron chi connectivity index (χ1n) is 9.87. The topological polar surface area (TPSA) is 57.7 Å². The van der Waals surface area contributed by atoms with Gasteiger partial charge < -0.3 is 4.90 Å². The number of nitrogens with zero attached hydrogens (tertiary/aromatic N) is 2. The first-order valence-corrected chi connectivity index (χ1v) is 10.8. The van der Waals surface area contributed by atoms with Crippen molar-refractivity contribution in [3.05, 3.63) is 58.0 Å². The van der Waals surface area contributed by atoms with Gasteiger partial charge in [0.2, 0.25) is 17.7 Å². The van der Waals surface area contributed by atoms with Gasteiger partial charge in [-0.2, -0.15) is 0 Å². The molecule has 5 nitrogen and oxygen atoms in total. The standard InChI is InChI=1S/C22H23FN2O3S/c1-2-25-20(27)19(15-5-7-16(23)8-6-15)22(21(25)28)9-11-24(12-10-22)18(26)14-17-4-3-13-29-17/h3-8,13,19H,2,9-12,14H2,1H3/t19-/m0/s1. The van der Waals surface area contributed by atoms with E-state index in [9.17, 15) is 18.8 Å². The first kappa shape index (κ1) is 19.8. The number of amides is 3. The van der Waals surface area contributed by atoms with Crippen molar-refractivity contribution in [1.29, 1.82) is 0 Å². The average molecular weight is 415 g/mol. The zero-order chi connectivity index (χ0) is 20.6. The summed E-state index contributed by atoms with van der Waals surface area (Å²) in [6.45, 7) is 2.99. The summed E-state index contributed by atoms with van der Waals surface area (Å²) in [5, 5.41) is 1.95. The molecule has 152 valence electrons. The minimum absolute atomic E-state index is 0.0461. The van der Waals surface area contributed by atoms with Gasteiger partial charge in [0.15, 0.2) is 0 Å².